The van der Waals surface area contributed by atoms with Crippen molar-refractivity contribution in [3.8, 4) is 0 Å². The van der Waals surface area contributed by atoms with Gasteiger partial charge in [-0.2, -0.15) is 0 Å². The Labute approximate surface area is 132 Å². The lowest BCUT2D eigenvalue weighted by Crippen LogP contribution is -2.09. The van der Waals surface area contributed by atoms with Crippen molar-refractivity contribution in [2.24, 2.45) is 17.6 Å². The first-order chi connectivity index (χ1) is 10.2. The third kappa shape index (κ3) is 10.8. The van der Waals surface area contributed by atoms with Crippen LogP contribution >= 0.6 is 0 Å². The zero-order chi connectivity index (χ0) is 15.3. The van der Waals surface area contributed by atoms with Crippen LogP contribution in [0.25, 0.3) is 0 Å². The van der Waals surface area contributed by atoms with Crippen LogP contribution in [0, 0.1) is 11.8 Å². The Morgan fingerprint density at radius 2 is 1.29 bits per heavy atom. The van der Waals surface area contributed by atoms with E-state index in [4.69, 9.17) is 5.73 Å². The first kappa shape index (κ1) is 18.5. The molecule has 0 aliphatic heterocycles. The van der Waals surface area contributed by atoms with Gasteiger partial charge in [0.1, 0.15) is 0 Å². The van der Waals surface area contributed by atoms with Gasteiger partial charge in [0.25, 0.3) is 0 Å². The lowest BCUT2D eigenvalue weighted by Gasteiger charge is -2.02. The monoisotopic (exact) mass is 295 g/mol. The van der Waals surface area contributed by atoms with Crippen molar-refractivity contribution < 1.29 is 4.79 Å². The van der Waals surface area contributed by atoms with Crippen LogP contribution in [0.2, 0.25) is 0 Å². The molecule has 0 radical (unpaired) electrons. The molecule has 0 saturated heterocycles. The van der Waals surface area contributed by atoms with Gasteiger partial charge < -0.3 is 5.73 Å². The van der Waals surface area contributed by atoms with Gasteiger partial charge in [0, 0.05) is 6.42 Å². The second-order valence-electron chi connectivity index (χ2n) is 7.09. The summed E-state index contributed by atoms with van der Waals surface area (Å²) in [6.07, 6.45) is 19.8. The minimum atomic E-state index is -0.148. The molecule has 1 fully saturated rings. The molecule has 21 heavy (non-hydrogen) atoms. The summed E-state index contributed by atoms with van der Waals surface area (Å²) in [7, 11) is 0. The maximum Gasteiger partial charge on any atom is 0.217 e. The van der Waals surface area contributed by atoms with Gasteiger partial charge in [-0.25, -0.2) is 0 Å². The third-order valence-electron chi connectivity index (χ3n) is 5.00. The maximum absolute atomic E-state index is 10.6. The van der Waals surface area contributed by atoms with E-state index in [0.29, 0.717) is 6.42 Å². The standard InChI is InChI=1S/C19H37NO/c1-2-3-4-5-7-10-13-17-16-18(17)14-11-8-6-9-12-15-19(20)21/h17-18H,2-16H2,1H3,(H2,20,21)/t17-,18+/m0/s1. The molecule has 0 spiro atoms. The van der Waals surface area contributed by atoms with Crippen LogP contribution in [0.5, 0.6) is 0 Å². The van der Waals surface area contributed by atoms with Gasteiger partial charge in [-0.3, -0.25) is 4.79 Å². The van der Waals surface area contributed by atoms with Crippen molar-refractivity contribution in [3.63, 3.8) is 0 Å². The number of nitrogens with two attached hydrogens (primary N) is 1. The van der Waals surface area contributed by atoms with Gasteiger partial charge in [-0.05, 0) is 24.7 Å². The van der Waals surface area contributed by atoms with E-state index in [1.807, 2.05) is 0 Å². The Hall–Kier alpha value is -0.530. The van der Waals surface area contributed by atoms with Crippen molar-refractivity contribution in [1.29, 1.82) is 0 Å². The third-order valence-corrected chi connectivity index (χ3v) is 5.00. The van der Waals surface area contributed by atoms with Gasteiger partial charge in [0.05, 0.1) is 0 Å². The summed E-state index contributed by atoms with van der Waals surface area (Å²) in [6, 6.07) is 0. The lowest BCUT2D eigenvalue weighted by atomic mass is 10.0. The molecule has 0 aromatic heterocycles. The van der Waals surface area contributed by atoms with Crippen LogP contribution < -0.4 is 5.73 Å². The Morgan fingerprint density at radius 3 is 1.81 bits per heavy atom. The normalized spacial score (nSPS) is 20.6. The van der Waals surface area contributed by atoms with E-state index in [2.05, 4.69) is 6.92 Å². The number of unbranched alkanes of at least 4 members (excludes halogenated alkanes) is 9. The van der Waals surface area contributed by atoms with E-state index in [0.717, 1.165) is 18.3 Å². The number of primary amides is 1. The molecule has 1 aliphatic carbocycles. The average Bonchev–Trinajstić information content (AvgIpc) is 3.20. The molecular weight excluding hydrogens is 258 g/mol. The molecule has 2 N–H and O–H groups in total. The fourth-order valence-electron chi connectivity index (χ4n) is 3.44. The molecule has 2 nitrogen and oxygen atoms in total. The minimum Gasteiger partial charge on any atom is -0.370 e. The van der Waals surface area contributed by atoms with Gasteiger partial charge in [-0.1, -0.05) is 84.0 Å². The molecule has 0 bridgehead atoms. The number of carbonyl (C=O) groups is 1. The fraction of sp³-hybridized carbons (Fsp3) is 0.947. The van der Waals surface area contributed by atoms with Gasteiger partial charge in [-0.15, -0.1) is 0 Å². The summed E-state index contributed by atoms with van der Waals surface area (Å²) in [6.45, 7) is 2.28. The van der Waals surface area contributed by atoms with E-state index < -0.39 is 0 Å². The predicted molar refractivity (Wildman–Crippen MR) is 91.1 cm³/mol. The van der Waals surface area contributed by atoms with E-state index in [1.54, 1.807) is 0 Å². The van der Waals surface area contributed by atoms with Crippen LogP contribution in [0.1, 0.15) is 103 Å². The molecule has 2 atom stereocenters. The highest BCUT2D eigenvalue weighted by Gasteiger charge is 2.34. The molecule has 1 aliphatic rings. The van der Waals surface area contributed by atoms with Crippen LogP contribution in [0.4, 0.5) is 0 Å². The van der Waals surface area contributed by atoms with Gasteiger partial charge in [0.15, 0.2) is 0 Å². The van der Waals surface area contributed by atoms with Gasteiger partial charge in [0.2, 0.25) is 5.91 Å². The molecule has 0 aromatic carbocycles. The summed E-state index contributed by atoms with van der Waals surface area (Å²) in [5, 5.41) is 0. The second kappa shape index (κ2) is 12.1. The molecule has 0 heterocycles. The van der Waals surface area contributed by atoms with Crippen LogP contribution in [-0.2, 0) is 4.79 Å². The second-order valence-corrected chi connectivity index (χ2v) is 7.09. The number of hydrogen-bond donors (Lipinski definition) is 1. The molecule has 2 heteroatoms. The smallest absolute Gasteiger partial charge is 0.217 e. The van der Waals surface area contributed by atoms with Crippen molar-refractivity contribution in [2.75, 3.05) is 0 Å². The molecule has 0 unspecified atom stereocenters. The first-order valence-corrected chi connectivity index (χ1v) is 9.52. The summed E-state index contributed by atoms with van der Waals surface area (Å²) < 4.78 is 0. The summed E-state index contributed by atoms with van der Waals surface area (Å²) >= 11 is 0. The highest BCUT2D eigenvalue weighted by molar-refractivity contribution is 5.73. The number of hydrogen-bond acceptors (Lipinski definition) is 1. The highest BCUT2D eigenvalue weighted by Crippen LogP contribution is 2.45. The van der Waals surface area contributed by atoms with E-state index in [-0.39, 0.29) is 5.91 Å². The van der Waals surface area contributed by atoms with Crippen molar-refractivity contribution in [3.05, 3.63) is 0 Å². The largest absolute Gasteiger partial charge is 0.370 e. The van der Waals surface area contributed by atoms with Crippen LogP contribution in [-0.4, -0.2) is 5.91 Å². The summed E-state index contributed by atoms with van der Waals surface area (Å²) in [5.74, 6) is 1.99. The first-order valence-electron chi connectivity index (χ1n) is 9.52. The Balaban J connectivity index is 1.77. The molecule has 1 amide bonds. The number of rotatable bonds is 15. The van der Waals surface area contributed by atoms with E-state index in [9.17, 15) is 4.79 Å². The van der Waals surface area contributed by atoms with Gasteiger partial charge >= 0.3 is 0 Å². The Kier molecular flexibility index (Phi) is 10.6. The minimum absolute atomic E-state index is 0.148. The predicted octanol–water partition coefficient (Wildman–Crippen LogP) is 5.59. The Bertz CT molecular complexity index is 264. The maximum atomic E-state index is 10.6. The quantitative estimate of drug-likeness (QED) is 0.393. The molecule has 1 saturated carbocycles. The molecular formula is C19H37NO. The summed E-state index contributed by atoms with van der Waals surface area (Å²) in [5.41, 5.74) is 5.13. The number of amides is 1. The average molecular weight is 296 g/mol. The van der Waals surface area contributed by atoms with Crippen molar-refractivity contribution in [1.82, 2.24) is 0 Å². The zero-order valence-electron chi connectivity index (χ0n) is 14.2. The molecule has 124 valence electrons. The number of carbonyl (C=O) groups excluding carboxylic acids is 1. The van der Waals surface area contributed by atoms with Crippen LogP contribution in [0.3, 0.4) is 0 Å². The van der Waals surface area contributed by atoms with Crippen LogP contribution in [0.15, 0.2) is 0 Å². The van der Waals surface area contributed by atoms with Crippen molar-refractivity contribution in [2.45, 2.75) is 103 Å². The summed E-state index contributed by atoms with van der Waals surface area (Å²) in [4.78, 5) is 10.6. The van der Waals surface area contributed by atoms with Crippen molar-refractivity contribution >= 4 is 5.91 Å². The Morgan fingerprint density at radius 1 is 0.810 bits per heavy atom. The highest BCUT2D eigenvalue weighted by atomic mass is 16.1. The topological polar surface area (TPSA) is 43.1 Å². The lowest BCUT2D eigenvalue weighted by molar-refractivity contribution is -0.118. The fourth-order valence-corrected chi connectivity index (χ4v) is 3.44. The molecule has 1 rings (SSSR count). The zero-order valence-corrected chi connectivity index (χ0v) is 14.2. The SMILES string of the molecule is CCCCCCCC[C@H]1C[C@H]1CCCCCCCC(N)=O. The van der Waals surface area contributed by atoms with E-state index >= 15 is 0 Å². The molecule has 0 aromatic rings. The van der Waals surface area contributed by atoms with E-state index in [1.165, 1.54) is 83.5 Å².